The minimum atomic E-state index is -3.52. The van der Waals surface area contributed by atoms with E-state index in [1.807, 2.05) is 0 Å². The van der Waals surface area contributed by atoms with Gasteiger partial charge in [-0.1, -0.05) is 40.0 Å². The molecule has 0 N–H and O–H groups in total. The van der Waals surface area contributed by atoms with Crippen molar-refractivity contribution in [2.24, 2.45) is 0 Å². The molecule has 0 rings (SSSR count). The molecule has 35 heavy (non-hydrogen) atoms. The Bertz CT molecular complexity index is 389. The summed E-state index contributed by atoms with van der Waals surface area (Å²) in [6.45, 7) is 12.4. The topological polar surface area (TPSA) is 72.5 Å². The molecule has 0 aromatic heterocycles. The Morgan fingerprint density at radius 1 is 0.371 bits per heavy atom. The second-order valence-electron chi connectivity index (χ2n) is 9.03. The van der Waals surface area contributed by atoms with Crippen molar-refractivity contribution in [3.8, 4) is 0 Å². The quantitative estimate of drug-likeness (QED) is 0.0694. The molecule has 0 aliphatic carbocycles. The van der Waals surface area contributed by atoms with Crippen LogP contribution >= 0.6 is 7.82 Å². The molecule has 0 spiro atoms. The van der Waals surface area contributed by atoms with Gasteiger partial charge in [-0.15, -0.1) is 0 Å². The molecule has 0 unspecified atom stereocenters. The van der Waals surface area contributed by atoms with Crippen LogP contribution in [0.5, 0.6) is 0 Å². The molecule has 0 heterocycles. The van der Waals surface area contributed by atoms with Gasteiger partial charge in [0.1, 0.15) is 0 Å². The van der Waals surface area contributed by atoms with Crippen molar-refractivity contribution in [1.82, 2.24) is 0 Å². The monoisotopic (exact) mass is 524 g/mol. The highest BCUT2D eigenvalue weighted by Crippen LogP contribution is 2.49. The molecule has 212 valence electrons. The normalized spacial score (nSPS) is 12.0. The van der Waals surface area contributed by atoms with Crippen molar-refractivity contribution in [3.63, 3.8) is 0 Å². The zero-order chi connectivity index (χ0) is 25.7. The first-order valence-electron chi connectivity index (χ1n) is 14.4. The summed E-state index contributed by atoms with van der Waals surface area (Å²) in [6.07, 6.45) is 15.1. The van der Waals surface area contributed by atoms with Gasteiger partial charge in [0.25, 0.3) is 0 Å². The average molecular weight is 525 g/mol. The third kappa shape index (κ3) is 26.9. The largest absolute Gasteiger partial charge is 0.474 e. The van der Waals surface area contributed by atoms with Gasteiger partial charge in [-0.05, 0) is 77.0 Å². The van der Waals surface area contributed by atoms with E-state index in [9.17, 15) is 4.57 Å². The van der Waals surface area contributed by atoms with Crippen molar-refractivity contribution in [3.05, 3.63) is 0 Å². The van der Waals surface area contributed by atoms with E-state index in [-0.39, 0.29) is 0 Å². The Kier molecular flexibility index (Phi) is 28.6. The molecule has 0 saturated heterocycles. The fourth-order valence-corrected chi connectivity index (χ4v) is 4.42. The Hall–Kier alpha value is -0.0100. The lowest BCUT2D eigenvalue weighted by Gasteiger charge is -2.18. The molecular weight excluding hydrogens is 467 g/mol. The molecule has 0 atom stereocenters. The van der Waals surface area contributed by atoms with Crippen LogP contribution in [0.4, 0.5) is 0 Å². The highest BCUT2D eigenvalue weighted by atomic mass is 31.2. The van der Waals surface area contributed by atoms with Crippen LogP contribution in [0.15, 0.2) is 0 Å². The molecule has 8 heteroatoms. The first-order valence-corrected chi connectivity index (χ1v) is 15.9. The Morgan fingerprint density at radius 3 is 0.914 bits per heavy atom. The van der Waals surface area contributed by atoms with E-state index < -0.39 is 7.82 Å². The van der Waals surface area contributed by atoms with Crippen molar-refractivity contribution >= 4 is 7.82 Å². The molecular formula is C27H57O7P. The number of phosphoric acid groups is 1. The molecule has 0 bridgehead atoms. The molecule has 0 aromatic rings. The van der Waals surface area contributed by atoms with Crippen LogP contribution in [-0.4, -0.2) is 59.5 Å². The predicted octanol–water partition coefficient (Wildman–Crippen LogP) is 8.11. The summed E-state index contributed by atoms with van der Waals surface area (Å²) >= 11 is 0. The fraction of sp³-hybridized carbons (Fsp3) is 1.00. The van der Waals surface area contributed by atoms with Gasteiger partial charge in [0.15, 0.2) is 0 Å². The Morgan fingerprint density at radius 2 is 0.629 bits per heavy atom. The lowest BCUT2D eigenvalue weighted by atomic mass is 10.2. The van der Waals surface area contributed by atoms with E-state index in [1.165, 1.54) is 0 Å². The van der Waals surface area contributed by atoms with Crippen LogP contribution < -0.4 is 0 Å². The maximum absolute atomic E-state index is 13.1. The number of hydrogen-bond donors (Lipinski definition) is 0. The molecule has 0 saturated carbocycles. The number of unbranched alkanes of at least 4 members (excludes halogenated alkanes) is 9. The summed E-state index contributed by atoms with van der Waals surface area (Å²) in [4.78, 5) is 0. The molecule has 0 aliphatic heterocycles. The highest BCUT2D eigenvalue weighted by molar-refractivity contribution is 7.48. The van der Waals surface area contributed by atoms with Crippen LogP contribution in [0.2, 0.25) is 0 Å². The number of phosphoric ester groups is 1. The standard InChI is InChI=1S/C27H57O7P/c1-4-7-19-29-22-13-10-16-25-32-35(28,33-26-17-11-14-23-30-20-8-5-2)34-27-18-12-15-24-31-21-9-6-3/h4-27H2,1-3H3. The van der Waals surface area contributed by atoms with Crippen LogP contribution in [0.25, 0.3) is 0 Å². The fourth-order valence-electron chi connectivity index (χ4n) is 3.14. The zero-order valence-electron chi connectivity index (χ0n) is 23.3. The lowest BCUT2D eigenvalue weighted by Crippen LogP contribution is -2.05. The van der Waals surface area contributed by atoms with Gasteiger partial charge in [-0.25, -0.2) is 4.57 Å². The van der Waals surface area contributed by atoms with E-state index in [0.717, 1.165) is 136 Å². The van der Waals surface area contributed by atoms with Gasteiger partial charge in [-0.2, -0.15) is 0 Å². The van der Waals surface area contributed by atoms with Gasteiger partial charge in [0.2, 0.25) is 0 Å². The van der Waals surface area contributed by atoms with Crippen molar-refractivity contribution in [2.75, 3.05) is 59.5 Å². The number of hydrogen-bond acceptors (Lipinski definition) is 7. The Labute approximate surface area is 216 Å². The molecule has 0 aromatic carbocycles. The summed E-state index contributed by atoms with van der Waals surface area (Å²) < 4.78 is 46.8. The van der Waals surface area contributed by atoms with Crippen molar-refractivity contribution in [1.29, 1.82) is 0 Å². The van der Waals surface area contributed by atoms with Crippen LogP contribution in [0.3, 0.4) is 0 Å². The van der Waals surface area contributed by atoms with Crippen LogP contribution in [0.1, 0.15) is 117 Å². The van der Waals surface area contributed by atoms with E-state index >= 15 is 0 Å². The van der Waals surface area contributed by atoms with Gasteiger partial charge < -0.3 is 14.2 Å². The highest BCUT2D eigenvalue weighted by Gasteiger charge is 2.26. The molecule has 0 amide bonds. The summed E-state index contributed by atoms with van der Waals surface area (Å²) in [5, 5.41) is 0. The van der Waals surface area contributed by atoms with E-state index in [2.05, 4.69) is 20.8 Å². The molecule has 0 aliphatic rings. The Balaban J connectivity index is 4.06. The molecule has 0 radical (unpaired) electrons. The summed E-state index contributed by atoms with van der Waals surface area (Å²) in [6, 6.07) is 0. The minimum Gasteiger partial charge on any atom is -0.381 e. The second kappa shape index (κ2) is 28.6. The van der Waals surface area contributed by atoms with Crippen LogP contribution in [-0.2, 0) is 32.3 Å². The minimum absolute atomic E-state index is 0.378. The van der Waals surface area contributed by atoms with Gasteiger partial charge in [0.05, 0.1) is 19.8 Å². The first-order chi connectivity index (χ1) is 17.2. The lowest BCUT2D eigenvalue weighted by molar-refractivity contribution is 0.100. The van der Waals surface area contributed by atoms with E-state index in [0.29, 0.717) is 19.8 Å². The van der Waals surface area contributed by atoms with Crippen LogP contribution in [0, 0.1) is 0 Å². The van der Waals surface area contributed by atoms with Gasteiger partial charge in [0, 0.05) is 39.6 Å². The number of ether oxygens (including phenoxy) is 3. The number of rotatable bonds is 30. The molecule has 0 fully saturated rings. The predicted molar refractivity (Wildman–Crippen MR) is 144 cm³/mol. The summed E-state index contributed by atoms with van der Waals surface area (Å²) in [7, 11) is -3.52. The SMILES string of the molecule is CCCCOCCCCCOP(=O)(OCCCCCOCCCC)OCCCCCOCCCC. The third-order valence-electron chi connectivity index (χ3n) is 5.47. The third-order valence-corrected chi connectivity index (χ3v) is 6.97. The van der Waals surface area contributed by atoms with Gasteiger partial charge >= 0.3 is 7.82 Å². The maximum atomic E-state index is 13.1. The first kappa shape index (κ1) is 35.0. The average Bonchev–Trinajstić information content (AvgIpc) is 2.86. The van der Waals surface area contributed by atoms with Crippen molar-refractivity contribution < 1.29 is 32.3 Å². The maximum Gasteiger partial charge on any atom is 0.474 e. The van der Waals surface area contributed by atoms with Crippen molar-refractivity contribution in [2.45, 2.75) is 117 Å². The summed E-state index contributed by atoms with van der Waals surface area (Å²) in [5.41, 5.74) is 0. The summed E-state index contributed by atoms with van der Waals surface area (Å²) in [5.74, 6) is 0. The van der Waals surface area contributed by atoms with E-state index in [4.69, 9.17) is 27.8 Å². The zero-order valence-corrected chi connectivity index (χ0v) is 24.2. The smallest absolute Gasteiger partial charge is 0.381 e. The van der Waals surface area contributed by atoms with E-state index in [1.54, 1.807) is 0 Å². The molecule has 7 nitrogen and oxygen atoms in total. The second-order valence-corrected chi connectivity index (χ2v) is 10.7. The van der Waals surface area contributed by atoms with Gasteiger partial charge in [-0.3, -0.25) is 13.6 Å².